The summed E-state index contributed by atoms with van der Waals surface area (Å²) in [5.74, 6) is -0.506. The molecule has 1 aromatic carbocycles. The number of hydrogen-bond donors (Lipinski definition) is 1. The van der Waals surface area contributed by atoms with E-state index in [1.165, 1.54) is 20.1 Å². The van der Waals surface area contributed by atoms with Crippen molar-refractivity contribution in [2.45, 2.75) is 26.4 Å². The number of benzene rings is 1. The largest absolute Gasteiger partial charge is 0.497 e. The Kier molecular flexibility index (Phi) is 4.71. The first-order valence-electron chi connectivity index (χ1n) is 5.58. The van der Waals surface area contributed by atoms with Crippen LogP contribution in [0.15, 0.2) is 18.2 Å². The predicted molar refractivity (Wildman–Crippen MR) is 65.3 cm³/mol. The Morgan fingerprint density at radius 2 is 2.06 bits per heavy atom. The van der Waals surface area contributed by atoms with Crippen LogP contribution in [-0.2, 0) is 4.79 Å². The number of ether oxygens (including phenoxy) is 2. The lowest BCUT2D eigenvalue weighted by Crippen LogP contribution is -2.26. The number of hydrogen-bond acceptors (Lipinski definition) is 4. The standard InChI is InChI=1S/C13H16O5/c1-4-11(13(15)16)18-12-7-9(17-3)5-6-10(12)8(2)14/h5-7,11H,4H2,1-3H3,(H,15,16). The van der Waals surface area contributed by atoms with Gasteiger partial charge in [0.15, 0.2) is 11.9 Å². The Morgan fingerprint density at radius 3 is 2.50 bits per heavy atom. The second-order valence-electron chi connectivity index (χ2n) is 3.77. The third kappa shape index (κ3) is 3.23. The van der Waals surface area contributed by atoms with E-state index in [1.54, 1.807) is 19.1 Å². The Labute approximate surface area is 105 Å². The van der Waals surface area contributed by atoms with Gasteiger partial charge in [0, 0.05) is 6.07 Å². The lowest BCUT2D eigenvalue weighted by Gasteiger charge is -2.16. The number of ketones is 1. The summed E-state index contributed by atoms with van der Waals surface area (Å²) in [6.07, 6.45) is -0.667. The SMILES string of the molecule is CCC(Oc1cc(OC)ccc1C(C)=O)C(=O)O. The molecule has 0 spiro atoms. The van der Waals surface area contributed by atoms with Crippen molar-refractivity contribution in [3.8, 4) is 11.5 Å². The third-order valence-corrected chi connectivity index (χ3v) is 2.48. The monoisotopic (exact) mass is 252 g/mol. The van der Waals surface area contributed by atoms with Crippen LogP contribution in [0.1, 0.15) is 30.6 Å². The number of carbonyl (C=O) groups excluding carboxylic acids is 1. The molecule has 0 heterocycles. The topological polar surface area (TPSA) is 72.8 Å². The second-order valence-corrected chi connectivity index (χ2v) is 3.77. The van der Waals surface area contributed by atoms with E-state index in [9.17, 15) is 9.59 Å². The van der Waals surface area contributed by atoms with E-state index in [0.29, 0.717) is 17.7 Å². The first-order chi connectivity index (χ1) is 8.49. The maximum Gasteiger partial charge on any atom is 0.344 e. The summed E-state index contributed by atoms with van der Waals surface area (Å²) in [6.45, 7) is 3.10. The molecule has 5 nitrogen and oxygen atoms in total. The molecule has 5 heteroatoms. The number of carboxylic acid groups (broad SMARTS) is 1. The molecule has 18 heavy (non-hydrogen) atoms. The maximum absolute atomic E-state index is 11.4. The molecule has 0 aliphatic carbocycles. The van der Waals surface area contributed by atoms with Gasteiger partial charge in [-0.05, 0) is 25.5 Å². The lowest BCUT2D eigenvalue weighted by molar-refractivity contribution is -0.145. The van der Waals surface area contributed by atoms with Crippen molar-refractivity contribution >= 4 is 11.8 Å². The summed E-state index contributed by atoms with van der Waals surface area (Å²) in [4.78, 5) is 22.4. The van der Waals surface area contributed by atoms with Crippen molar-refractivity contribution in [2.75, 3.05) is 7.11 Å². The minimum atomic E-state index is -1.06. The van der Waals surface area contributed by atoms with Crippen LogP contribution < -0.4 is 9.47 Å². The molecule has 1 rings (SSSR count). The third-order valence-electron chi connectivity index (χ3n) is 2.48. The molecule has 1 atom stereocenters. The molecular weight excluding hydrogens is 236 g/mol. The normalized spacial score (nSPS) is 11.7. The van der Waals surface area contributed by atoms with E-state index in [-0.39, 0.29) is 11.5 Å². The Balaban J connectivity index is 3.11. The van der Waals surface area contributed by atoms with Crippen LogP contribution in [0.5, 0.6) is 11.5 Å². The van der Waals surface area contributed by atoms with Crippen LogP contribution in [0, 0.1) is 0 Å². The lowest BCUT2D eigenvalue weighted by atomic mass is 10.1. The fourth-order valence-corrected chi connectivity index (χ4v) is 1.48. The number of rotatable bonds is 6. The molecule has 0 radical (unpaired) electrons. The minimum Gasteiger partial charge on any atom is -0.497 e. The van der Waals surface area contributed by atoms with Crippen LogP contribution in [-0.4, -0.2) is 30.1 Å². The zero-order valence-corrected chi connectivity index (χ0v) is 10.6. The molecule has 0 saturated heterocycles. The van der Waals surface area contributed by atoms with Crippen molar-refractivity contribution in [3.63, 3.8) is 0 Å². The highest BCUT2D eigenvalue weighted by molar-refractivity contribution is 5.97. The molecule has 1 unspecified atom stereocenters. The van der Waals surface area contributed by atoms with Gasteiger partial charge in [0.25, 0.3) is 0 Å². The van der Waals surface area contributed by atoms with E-state index in [2.05, 4.69) is 0 Å². The summed E-state index contributed by atoms with van der Waals surface area (Å²) in [5.41, 5.74) is 0.343. The van der Waals surface area contributed by atoms with Crippen molar-refractivity contribution in [1.82, 2.24) is 0 Å². The van der Waals surface area contributed by atoms with Crippen molar-refractivity contribution in [1.29, 1.82) is 0 Å². The summed E-state index contributed by atoms with van der Waals surface area (Å²) >= 11 is 0. The van der Waals surface area contributed by atoms with Gasteiger partial charge in [0.2, 0.25) is 0 Å². The van der Waals surface area contributed by atoms with Crippen LogP contribution in [0.2, 0.25) is 0 Å². The summed E-state index contributed by atoms with van der Waals surface area (Å²) in [6, 6.07) is 4.71. The van der Waals surface area contributed by atoms with Gasteiger partial charge in [-0.1, -0.05) is 6.92 Å². The summed E-state index contributed by atoms with van der Waals surface area (Å²) < 4.78 is 10.4. The predicted octanol–water partition coefficient (Wildman–Crippen LogP) is 2.14. The van der Waals surface area contributed by atoms with Crippen LogP contribution in [0.3, 0.4) is 0 Å². The van der Waals surface area contributed by atoms with Crippen molar-refractivity contribution in [2.24, 2.45) is 0 Å². The minimum absolute atomic E-state index is 0.187. The van der Waals surface area contributed by atoms with E-state index in [4.69, 9.17) is 14.6 Å². The van der Waals surface area contributed by atoms with Crippen molar-refractivity contribution < 1.29 is 24.2 Å². The van der Waals surface area contributed by atoms with Gasteiger partial charge in [0.05, 0.1) is 12.7 Å². The van der Waals surface area contributed by atoms with Gasteiger partial charge in [-0.2, -0.15) is 0 Å². The number of carbonyl (C=O) groups is 2. The molecule has 0 fully saturated rings. The van der Waals surface area contributed by atoms with E-state index in [0.717, 1.165) is 0 Å². The number of carboxylic acids is 1. The average Bonchev–Trinajstić information content (AvgIpc) is 2.34. The second kappa shape index (κ2) is 6.05. The Bertz CT molecular complexity index is 453. The summed E-state index contributed by atoms with van der Waals surface area (Å²) in [5, 5.41) is 8.95. The highest BCUT2D eigenvalue weighted by atomic mass is 16.5. The van der Waals surface area contributed by atoms with Gasteiger partial charge in [-0.15, -0.1) is 0 Å². The van der Waals surface area contributed by atoms with Gasteiger partial charge < -0.3 is 14.6 Å². The van der Waals surface area contributed by atoms with Gasteiger partial charge in [0.1, 0.15) is 11.5 Å². The highest BCUT2D eigenvalue weighted by Crippen LogP contribution is 2.26. The zero-order valence-electron chi connectivity index (χ0n) is 10.6. The molecule has 1 N–H and O–H groups in total. The number of methoxy groups -OCH3 is 1. The first-order valence-corrected chi connectivity index (χ1v) is 5.58. The van der Waals surface area contributed by atoms with Gasteiger partial charge in [-0.25, -0.2) is 4.79 Å². The molecular formula is C13H16O5. The van der Waals surface area contributed by atoms with E-state index < -0.39 is 12.1 Å². The average molecular weight is 252 g/mol. The van der Waals surface area contributed by atoms with Crippen LogP contribution >= 0.6 is 0 Å². The fourth-order valence-electron chi connectivity index (χ4n) is 1.48. The maximum atomic E-state index is 11.4. The quantitative estimate of drug-likeness (QED) is 0.785. The first kappa shape index (κ1) is 14.0. The number of aliphatic carboxylic acids is 1. The Morgan fingerprint density at radius 1 is 1.39 bits per heavy atom. The van der Waals surface area contributed by atoms with Crippen LogP contribution in [0.4, 0.5) is 0 Å². The molecule has 0 saturated carbocycles. The molecule has 0 aromatic heterocycles. The zero-order chi connectivity index (χ0) is 13.7. The molecule has 0 aliphatic heterocycles. The molecule has 0 aliphatic rings. The highest BCUT2D eigenvalue weighted by Gasteiger charge is 2.20. The smallest absolute Gasteiger partial charge is 0.344 e. The van der Waals surface area contributed by atoms with E-state index in [1.807, 2.05) is 0 Å². The molecule has 0 bridgehead atoms. The fraction of sp³-hybridized carbons (Fsp3) is 0.385. The van der Waals surface area contributed by atoms with Crippen molar-refractivity contribution in [3.05, 3.63) is 23.8 Å². The Hall–Kier alpha value is -2.04. The molecule has 98 valence electrons. The van der Waals surface area contributed by atoms with Gasteiger partial charge in [-0.3, -0.25) is 4.79 Å². The molecule has 1 aromatic rings. The number of Topliss-reactive ketones (excluding diaryl/α,β-unsaturated/α-hetero) is 1. The van der Waals surface area contributed by atoms with E-state index >= 15 is 0 Å². The molecule has 0 amide bonds. The van der Waals surface area contributed by atoms with Gasteiger partial charge >= 0.3 is 5.97 Å². The van der Waals surface area contributed by atoms with Crippen LogP contribution in [0.25, 0.3) is 0 Å². The summed E-state index contributed by atoms with van der Waals surface area (Å²) in [7, 11) is 1.49.